The highest BCUT2D eigenvalue weighted by atomic mass is 16.6. The minimum atomic E-state index is -0.537. The highest BCUT2D eigenvalue weighted by Crippen LogP contribution is 2.33. The molecule has 1 fully saturated rings. The molecule has 0 aliphatic carbocycles. The van der Waals surface area contributed by atoms with Gasteiger partial charge in [-0.2, -0.15) is 0 Å². The number of hydrogen-bond acceptors (Lipinski definition) is 6. The van der Waals surface area contributed by atoms with E-state index in [1.165, 1.54) is 0 Å². The van der Waals surface area contributed by atoms with Crippen molar-refractivity contribution in [1.29, 1.82) is 0 Å². The first-order chi connectivity index (χ1) is 13.8. The summed E-state index contributed by atoms with van der Waals surface area (Å²) >= 11 is 0. The summed E-state index contributed by atoms with van der Waals surface area (Å²) in [6.07, 6.45) is 4.69. The molecular weight excluding hydrogens is 372 g/mol. The fourth-order valence-electron chi connectivity index (χ4n) is 3.85. The van der Waals surface area contributed by atoms with Crippen LogP contribution in [0.15, 0.2) is 24.5 Å². The van der Waals surface area contributed by atoms with Gasteiger partial charge in [-0.3, -0.25) is 14.7 Å². The van der Waals surface area contributed by atoms with Crippen LogP contribution < -0.4 is 0 Å². The van der Waals surface area contributed by atoms with Crippen LogP contribution in [-0.2, 0) is 17.8 Å². The monoisotopic (exact) mass is 398 g/mol. The van der Waals surface area contributed by atoms with E-state index in [2.05, 4.69) is 15.2 Å². The second-order valence-corrected chi connectivity index (χ2v) is 8.42. The van der Waals surface area contributed by atoms with Crippen LogP contribution in [-0.4, -0.2) is 60.2 Å². The molecule has 2 aliphatic heterocycles. The molecule has 0 saturated carbocycles. The maximum Gasteiger partial charge on any atom is 0.410 e. The van der Waals surface area contributed by atoms with Gasteiger partial charge in [0.05, 0.1) is 12.6 Å². The first-order valence-corrected chi connectivity index (χ1v) is 9.94. The van der Waals surface area contributed by atoms with Crippen molar-refractivity contribution in [1.82, 2.24) is 29.5 Å². The molecule has 2 aromatic rings. The van der Waals surface area contributed by atoms with Crippen LogP contribution in [0.5, 0.6) is 0 Å². The number of pyridine rings is 1. The van der Waals surface area contributed by atoms with Crippen molar-refractivity contribution >= 4 is 12.0 Å². The summed E-state index contributed by atoms with van der Waals surface area (Å²) in [6, 6.07) is 3.36. The highest BCUT2D eigenvalue weighted by molar-refractivity contribution is 5.94. The lowest BCUT2D eigenvalue weighted by molar-refractivity contribution is 0.0193. The molecule has 9 heteroatoms. The van der Waals surface area contributed by atoms with Crippen molar-refractivity contribution in [3.63, 3.8) is 0 Å². The molecule has 1 atom stereocenters. The summed E-state index contributed by atoms with van der Waals surface area (Å²) < 4.78 is 7.51. The van der Waals surface area contributed by atoms with Crippen molar-refractivity contribution in [2.75, 3.05) is 13.1 Å². The lowest BCUT2D eigenvalue weighted by Crippen LogP contribution is -2.42. The Balaban J connectivity index is 1.52. The van der Waals surface area contributed by atoms with Crippen molar-refractivity contribution in [3.05, 3.63) is 41.7 Å². The van der Waals surface area contributed by atoms with E-state index in [0.29, 0.717) is 31.7 Å². The Morgan fingerprint density at radius 3 is 2.59 bits per heavy atom. The zero-order chi connectivity index (χ0) is 20.6. The molecule has 1 saturated heterocycles. The van der Waals surface area contributed by atoms with Crippen molar-refractivity contribution in [2.45, 2.75) is 58.3 Å². The molecule has 154 valence electrons. The third kappa shape index (κ3) is 3.94. The normalized spacial score (nSPS) is 19.2. The summed E-state index contributed by atoms with van der Waals surface area (Å²) in [5.41, 5.74) is 0.0896. The maximum absolute atomic E-state index is 13.0. The molecule has 0 radical (unpaired) electrons. The molecule has 4 rings (SSSR count). The average Bonchev–Trinajstić information content (AvgIpc) is 3.32. The van der Waals surface area contributed by atoms with E-state index in [1.54, 1.807) is 29.4 Å². The van der Waals surface area contributed by atoms with Gasteiger partial charge in [-0.15, -0.1) is 10.2 Å². The summed E-state index contributed by atoms with van der Waals surface area (Å²) in [5.74, 6) is 1.50. The molecule has 2 aromatic heterocycles. The SMILES string of the molecule is CC(C)(C)OC(=O)N1CCn2c(nnc2C2CCCN2C(=O)c2ccncc2)C1. The molecule has 0 N–H and O–H groups in total. The molecule has 29 heavy (non-hydrogen) atoms. The smallest absolute Gasteiger partial charge is 0.410 e. The molecule has 0 spiro atoms. The standard InChI is InChI=1S/C20H26N6O3/c1-20(2,3)29-19(28)24-11-12-26-16(13-24)22-23-17(26)15-5-4-10-25(15)18(27)14-6-8-21-9-7-14/h6-9,15H,4-5,10-13H2,1-3H3. The lowest BCUT2D eigenvalue weighted by atomic mass is 10.1. The quantitative estimate of drug-likeness (QED) is 0.771. The van der Waals surface area contributed by atoms with Crippen molar-refractivity contribution in [2.24, 2.45) is 0 Å². The number of carbonyl (C=O) groups is 2. The van der Waals surface area contributed by atoms with Gasteiger partial charge in [-0.05, 0) is 45.7 Å². The predicted octanol–water partition coefficient (Wildman–Crippen LogP) is 2.40. The van der Waals surface area contributed by atoms with Crippen LogP contribution in [0, 0.1) is 0 Å². The van der Waals surface area contributed by atoms with Gasteiger partial charge in [0.2, 0.25) is 0 Å². The van der Waals surface area contributed by atoms with Gasteiger partial charge in [0.25, 0.3) is 5.91 Å². The van der Waals surface area contributed by atoms with Gasteiger partial charge in [-0.1, -0.05) is 0 Å². The van der Waals surface area contributed by atoms with Crippen molar-refractivity contribution in [3.8, 4) is 0 Å². The van der Waals surface area contributed by atoms with E-state index in [4.69, 9.17) is 4.74 Å². The van der Waals surface area contributed by atoms with E-state index < -0.39 is 5.60 Å². The van der Waals surface area contributed by atoms with Crippen LogP contribution in [0.25, 0.3) is 0 Å². The number of carbonyl (C=O) groups excluding carboxylic acids is 2. The van der Waals surface area contributed by atoms with Crippen LogP contribution in [0.3, 0.4) is 0 Å². The van der Waals surface area contributed by atoms with Gasteiger partial charge in [0.1, 0.15) is 5.60 Å². The largest absolute Gasteiger partial charge is 0.444 e. The van der Waals surface area contributed by atoms with E-state index in [1.807, 2.05) is 30.2 Å². The Hall–Kier alpha value is -2.97. The minimum Gasteiger partial charge on any atom is -0.444 e. The summed E-state index contributed by atoms with van der Waals surface area (Å²) in [5, 5.41) is 8.71. The molecule has 4 heterocycles. The Kier molecular flexibility index (Phi) is 4.97. The summed E-state index contributed by atoms with van der Waals surface area (Å²) in [6.45, 7) is 7.71. The molecule has 2 amide bonds. The number of hydrogen-bond donors (Lipinski definition) is 0. The summed E-state index contributed by atoms with van der Waals surface area (Å²) in [4.78, 5) is 32.8. The van der Waals surface area contributed by atoms with Crippen LogP contribution in [0.2, 0.25) is 0 Å². The van der Waals surface area contributed by atoms with Gasteiger partial charge in [0, 0.05) is 37.6 Å². The van der Waals surface area contributed by atoms with Gasteiger partial charge >= 0.3 is 6.09 Å². The third-order valence-electron chi connectivity index (χ3n) is 5.17. The molecule has 1 unspecified atom stereocenters. The van der Waals surface area contributed by atoms with Gasteiger partial charge in [-0.25, -0.2) is 4.79 Å². The van der Waals surface area contributed by atoms with Gasteiger partial charge < -0.3 is 14.2 Å². The van der Waals surface area contributed by atoms with Crippen LogP contribution in [0.1, 0.15) is 61.7 Å². The van der Waals surface area contributed by atoms with E-state index in [0.717, 1.165) is 24.5 Å². The molecule has 0 aromatic carbocycles. The number of amides is 2. The number of aromatic nitrogens is 4. The van der Waals surface area contributed by atoms with Crippen molar-refractivity contribution < 1.29 is 14.3 Å². The third-order valence-corrected chi connectivity index (χ3v) is 5.17. The number of likely N-dealkylation sites (tertiary alicyclic amines) is 1. The zero-order valence-corrected chi connectivity index (χ0v) is 17.0. The first kappa shape index (κ1) is 19.4. The molecule has 2 aliphatic rings. The van der Waals surface area contributed by atoms with E-state index in [-0.39, 0.29) is 18.0 Å². The number of nitrogens with zero attached hydrogens (tertiary/aromatic N) is 6. The highest BCUT2D eigenvalue weighted by Gasteiger charge is 2.36. The van der Waals surface area contributed by atoms with Crippen LogP contribution >= 0.6 is 0 Å². The zero-order valence-electron chi connectivity index (χ0n) is 17.0. The van der Waals surface area contributed by atoms with Crippen LogP contribution in [0.4, 0.5) is 4.79 Å². The average molecular weight is 398 g/mol. The summed E-state index contributed by atoms with van der Waals surface area (Å²) in [7, 11) is 0. The fraction of sp³-hybridized carbons (Fsp3) is 0.550. The molecule has 0 bridgehead atoms. The fourth-order valence-corrected chi connectivity index (χ4v) is 3.85. The maximum atomic E-state index is 13.0. The Morgan fingerprint density at radius 1 is 1.10 bits per heavy atom. The Bertz CT molecular complexity index is 905. The van der Waals surface area contributed by atoms with Gasteiger partial charge in [0.15, 0.2) is 11.6 Å². The van der Waals surface area contributed by atoms with E-state index in [9.17, 15) is 9.59 Å². The predicted molar refractivity (Wildman–Crippen MR) is 104 cm³/mol. The molecular formula is C20H26N6O3. The number of rotatable bonds is 2. The second kappa shape index (κ2) is 7.46. The van der Waals surface area contributed by atoms with E-state index >= 15 is 0 Å². The second-order valence-electron chi connectivity index (χ2n) is 8.42. The topological polar surface area (TPSA) is 93.5 Å². The minimum absolute atomic E-state index is 0.0153. The lowest BCUT2D eigenvalue weighted by Gasteiger charge is -2.31. The Morgan fingerprint density at radius 2 is 1.86 bits per heavy atom. The Labute approximate surface area is 169 Å². The molecule has 9 nitrogen and oxygen atoms in total. The number of ether oxygens (including phenoxy) is 1. The number of fused-ring (bicyclic) bond motifs is 1. The first-order valence-electron chi connectivity index (χ1n) is 9.94.